The van der Waals surface area contributed by atoms with Gasteiger partial charge in [-0.3, -0.25) is 0 Å². The third kappa shape index (κ3) is 3.35. The fourth-order valence-corrected chi connectivity index (χ4v) is 2.27. The second-order valence-corrected chi connectivity index (χ2v) is 5.11. The maximum absolute atomic E-state index is 11.0. The fraction of sp³-hybridized carbons (Fsp3) is 0.0556. The third-order valence-electron chi connectivity index (χ3n) is 3.49. The van der Waals surface area contributed by atoms with Gasteiger partial charge in [-0.2, -0.15) is 0 Å². The Bertz CT molecular complexity index is 808. The van der Waals surface area contributed by atoms with Crippen LogP contribution in [-0.2, 0) is 6.61 Å². The highest BCUT2D eigenvalue weighted by Crippen LogP contribution is 2.25. The molecule has 1 aromatic heterocycles. The summed E-state index contributed by atoms with van der Waals surface area (Å²) < 4.78 is 5.72. The van der Waals surface area contributed by atoms with Gasteiger partial charge in [0.05, 0.1) is 0 Å². The number of anilines is 1. The highest BCUT2D eigenvalue weighted by atomic mass is 16.5. The van der Waals surface area contributed by atoms with E-state index in [2.05, 4.69) is 4.98 Å². The SMILES string of the molecule is Nc1[nH]c(-c2ccc(OCc3ccccc3)cc2)cc1C(=O)O. The van der Waals surface area contributed by atoms with E-state index in [-0.39, 0.29) is 11.4 Å². The lowest BCUT2D eigenvalue weighted by Crippen LogP contribution is -1.98. The second-order valence-electron chi connectivity index (χ2n) is 5.11. The molecule has 0 fully saturated rings. The van der Waals surface area contributed by atoms with E-state index in [9.17, 15) is 4.79 Å². The molecule has 0 aliphatic rings. The molecule has 0 saturated heterocycles. The first-order valence-corrected chi connectivity index (χ1v) is 7.12. The van der Waals surface area contributed by atoms with Crippen molar-refractivity contribution in [2.75, 3.05) is 5.73 Å². The summed E-state index contributed by atoms with van der Waals surface area (Å²) in [6, 6.07) is 18.8. The van der Waals surface area contributed by atoms with E-state index in [1.54, 1.807) is 0 Å². The Hall–Kier alpha value is -3.21. The number of carboxylic acids is 1. The van der Waals surface area contributed by atoms with Gasteiger partial charge in [0.25, 0.3) is 0 Å². The molecule has 2 aromatic carbocycles. The lowest BCUT2D eigenvalue weighted by Gasteiger charge is -2.07. The Morgan fingerprint density at radius 2 is 1.78 bits per heavy atom. The number of H-pyrrole nitrogens is 1. The highest BCUT2D eigenvalue weighted by Gasteiger charge is 2.13. The van der Waals surface area contributed by atoms with E-state index in [0.717, 1.165) is 16.9 Å². The molecule has 116 valence electrons. The Morgan fingerprint density at radius 3 is 2.39 bits per heavy atom. The minimum Gasteiger partial charge on any atom is -0.489 e. The molecular formula is C18H16N2O3. The van der Waals surface area contributed by atoms with Crippen molar-refractivity contribution >= 4 is 11.8 Å². The van der Waals surface area contributed by atoms with Gasteiger partial charge in [0, 0.05) is 5.69 Å². The van der Waals surface area contributed by atoms with Crippen molar-refractivity contribution in [1.82, 2.24) is 4.98 Å². The Balaban J connectivity index is 1.72. The van der Waals surface area contributed by atoms with Gasteiger partial charge in [0.15, 0.2) is 0 Å². The molecule has 0 atom stereocenters. The molecule has 0 amide bonds. The maximum Gasteiger partial charge on any atom is 0.339 e. The van der Waals surface area contributed by atoms with Crippen molar-refractivity contribution in [3.05, 3.63) is 71.8 Å². The number of carbonyl (C=O) groups is 1. The molecule has 3 rings (SSSR count). The topological polar surface area (TPSA) is 88.3 Å². The van der Waals surface area contributed by atoms with E-state index in [1.807, 2.05) is 54.6 Å². The number of rotatable bonds is 5. The summed E-state index contributed by atoms with van der Waals surface area (Å²) in [5.74, 6) is -0.152. The average molecular weight is 308 g/mol. The van der Waals surface area contributed by atoms with Gasteiger partial charge < -0.3 is 20.6 Å². The van der Waals surface area contributed by atoms with Crippen molar-refractivity contribution in [2.24, 2.45) is 0 Å². The summed E-state index contributed by atoms with van der Waals surface area (Å²) >= 11 is 0. The van der Waals surface area contributed by atoms with Crippen LogP contribution in [0.1, 0.15) is 15.9 Å². The minimum atomic E-state index is -1.05. The zero-order valence-corrected chi connectivity index (χ0v) is 12.3. The molecule has 5 nitrogen and oxygen atoms in total. The number of benzene rings is 2. The molecule has 0 radical (unpaired) electrons. The van der Waals surface area contributed by atoms with Crippen LogP contribution < -0.4 is 10.5 Å². The Morgan fingerprint density at radius 1 is 1.09 bits per heavy atom. The highest BCUT2D eigenvalue weighted by molar-refractivity contribution is 5.94. The smallest absolute Gasteiger partial charge is 0.339 e. The van der Waals surface area contributed by atoms with Crippen LogP contribution in [-0.4, -0.2) is 16.1 Å². The van der Waals surface area contributed by atoms with Crippen LogP contribution in [0.2, 0.25) is 0 Å². The van der Waals surface area contributed by atoms with Gasteiger partial charge in [-0.25, -0.2) is 4.79 Å². The lowest BCUT2D eigenvalue weighted by molar-refractivity contribution is 0.0698. The number of hydrogen-bond donors (Lipinski definition) is 3. The molecule has 0 saturated carbocycles. The Labute approximate surface area is 133 Å². The molecule has 23 heavy (non-hydrogen) atoms. The van der Waals surface area contributed by atoms with Gasteiger partial charge >= 0.3 is 5.97 Å². The van der Waals surface area contributed by atoms with Crippen LogP contribution in [0.5, 0.6) is 5.75 Å². The van der Waals surface area contributed by atoms with E-state index in [0.29, 0.717) is 12.3 Å². The monoisotopic (exact) mass is 308 g/mol. The summed E-state index contributed by atoms with van der Waals surface area (Å²) in [4.78, 5) is 13.9. The first-order valence-electron chi connectivity index (χ1n) is 7.12. The quantitative estimate of drug-likeness (QED) is 0.672. The van der Waals surface area contributed by atoms with Gasteiger partial charge in [0.1, 0.15) is 23.7 Å². The standard InChI is InChI=1S/C18H16N2O3/c19-17-15(18(21)22)10-16(20-17)13-6-8-14(9-7-13)23-11-12-4-2-1-3-5-12/h1-10,20H,11,19H2,(H,21,22). The summed E-state index contributed by atoms with van der Waals surface area (Å²) in [6.45, 7) is 0.499. The number of nitrogens with two attached hydrogens (primary N) is 1. The van der Waals surface area contributed by atoms with Crippen molar-refractivity contribution in [1.29, 1.82) is 0 Å². The van der Waals surface area contributed by atoms with E-state index >= 15 is 0 Å². The summed E-state index contributed by atoms with van der Waals surface area (Å²) in [5, 5.41) is 9.03. The number of nitrogens with one attached hydrogen (secondary N) is 1. The van der Waals surface area contributed by atoms with E-state index < -0.39 is 5.97 Å². The van der Waals surface area contributed by atoms with Gasteiger partial charge in [-0.05, 0) is 41.5 Å². The number of aromatic carboxylic acids is 1. The summed E-state index contributed by atoms with van der Waals surface area (Å²) in [6.07, 6.45) is 0. The van der Waals surface area contributed by atoms with Gasteiger partial charge in [0.2, 0.25) is 0 Å². The number of aromatic amines is 1. The molecule has 0 spiro atoms. The molecule has 0 bridgehead atoms. The van der Waals surface area contributed by atoms with Crippen molar-refractivity contribution in [2.45, 2.75) is 6.61 Å². The first-order chi connectivity index (χ1) is 11.1. The van der Waals surface area contributed by atoms with E-state index in [1.165, 1.54) is 6.07 Å². The average Bonchev–Trinajstić information content (AvgIpc) is 2.96. The molecule has 1 heterocycles. The number of hydrogen-bond acceptors (Lipinski definition) is 3. The largest absolute Gasteiger partial charge is 0.489 e. The second kappa shape index (κ2) is 6.27. The van der Waals surface area contributed by atoms with Crippen LogP contribution >= 0.6 is 0 Å². The van der Waals surface area contributed by atoms with E-state index in [4.69, 9.17) is 15.6 Å². The van der Waals surface area contributed by atoms with Gasteiger partial charge in [-0.15, -0.1) is 0 Å². The number of ether oxygens (including phenoxy) is 1. The molecular weight excluding hydrogens is 292 g/mol. The van der Waals surface area contributed by atoms with Crippen LogP contribution in [0.25, 0.3) is 11.3 Å². The first kappa shape index (κ1) is 14.7. The van der Waals surface area contributed by atoms with Crippen molar-refractivity contribution in [3.63, 3.8) is 0 Å². The minimum absolute atomic E-state index is 0.0735. The van der Waals surface area contributed by atoms with Crippen LogP contribution in [0.3, 0.4) is 0 Å². The molecule has 3 aromatic rings. The van der Waals surface area contributed by atoms with Crippen LogP contribution in [0.4, 0.5) is 5.82 Å². The number of aromatic nitrogens is 1. The molecule has 4 N–H and O–H groups in total. The predicted octanol–water partition coefficient (Wildman–Crippen LogP) is 3.54. The lowest BCUT2D eigenvalue weighted by atomic mass is 10.1. The molecule has 0 unspecified atom stereocenters. The summed E-state index contributed by atoms with van der Waals surface area (Å²) in [7, 11) is 0. The molecule has 0 aliphatic carbocycles. The number of nitrogen functional groups attached to an aromatic ring is 1. The normalized spacial score (nSPS) is 10.4. The van der Waals surface area contributed by atoms with Crippen LogP contribution in [0, 0.1) is 0 Å². The van der Waals surface area contributed by atoms with Gasteiger partial charge in [-0.1, -0.05) is 30.3 Å². The molecule has 0 aliphatic heterocycles. The Kier molecular flexibility index (Phi) is 4.01. The maximum atomic E-state index is 11.0. The zero-order chi connectivity index (χ0) is 16.2. The van der Waals surface area contributed by atoms with Crippen LogP contribution in [0.15, 0.2) is 60.7 Å². The van der Waals surface area contributed by atoms with Crippen molar-refractivity contribution in [3.8, 4) is 17.0 Å². The third-order valence-corrected chi connectivity index (χ3v) is 3.49. The fourth-order valence-electron chi connectivity index (χ4n) is 2.27. The summed E-state index contributed by atoms with van der Waals surface area (Å²) in [5.41, 5.74) is 8.34. The van der Waals surface area contributed by atoms with Crippen molar-refractivity contribution < 1.29 is 14.6 Å². The molecule has 5 heteroatoms. The number of carboxylic acid groups (broad SMARTS) is 1. The zero-order valence-electron chi connectivity index (χ0n) is 12.3. The predicted molar refractivity (Wildman–Crippen MR) is 88.4 cm³/mol.